The summed E-state index contributed by atoms with van der Waals surface area (Å²) in [5.41, 5.74) is 2.95. The lowest BCUT2D eigenvalue weighted by Gasteiger charge is -2.13. The van der Waals surface area contributed by atoms with Crippen LogP contribution in [0.15, 0.2) is 36.5 Å². The first-order valence-electron chi connectivity index (χ1n) is 7.70. The van der Waals surface area contributed by atoms with Crippen LogP contribution in [0.25, 0.3) is 0 Å². The van der Waals surface area contributed by atoms with Crippen LogP contribution in [0.2, 0.25) is 0 Å². The lowest BCUT2D eigenvalue weighted by molar-refractivity contribution is -0.122. The lowest BCUT2D eigenvalue weighted by atomic mass is 9.90. The predicted molar refractivity (Wildman–Crippen MR) is 86.8 cm³/mol. The molecule has 1 aromatic heterocycles. The van der Waals surface area contributed by atoms with E-state index in [-0.39, 0.29) is 29.6 Å². The molecule has 3 rings (SSSR count). The number of rotatable bonds is 3. The minimum absolute atomic E-state index is 0.179. The molecular weight excluding hydrogens is 290 g/mol. The maximum absolute atomic E-state index is 12.7. The molecule has 1 aliphatic heterocycles. The fourth-order valence-electron chi connectivity index (χ4n) is 2.85. The normalized spacial score (nSPS) is 21.1. The highest BCUT2D eigenvalue weighted by molar-refractivity contribution is 6.21. The fourth-order valence-corrected chi connectivity index (χ4v) is 2.85. The van der Waals surface area contributed by atoms with Gasteiger partial charge in [-0.1, -0.05) is 36.8 Å². The summed E-state index contributed by atoms with van der Waals surface area (Å²) in [4.78, 5) is 34.7. The maximum atomic E-state index is 12.7. The minimum Gasteiger partial charge on any atom is -0.274 e. The molecule has 118 valence electrons. The summed E-state index contributed by atoms with van der Waals surface area (Å²) in [6.45, 7) is 5.63. The number of hydrogen-bond donors (Lipinski definition) is 0. The first-order valence-corrected chi connectivity index (χ1v) is 7.70. The van der Waals surface area contributed by atoms with Gasteiger partial charge in [0.15, 0.2) is 0 Å². The summed E-state index contributed by atoms with van der Waals surface area (Å²) >= 11 is 0. The van der Waals surface area contributed by atoms with Crippen LogP contribution in [-0.4, -0.2) is 21.8 Å². The van der Waals surface area contributed by atoms with Gasteiger partial charge < -0.3 is 0 Å². The highest BCUT2D eigenvalue weighted by Crippen LogP contribution is 2.31. The van der Waals surface area contributed by atoms with E-state index in [1.165, 1.54) is 5.56 Å². The molecule has 0 bridgehead atoms. The Kier molecular flexibility index (Phi) is 3.94. The van der Waals surface area contributed by atoms with Gasteiger partial charge in [0.2, 0.25) is 17.8 Å². The Bertz CT molecular complexity index is 755. The standard InChI is InChI=1S/C18H19N3O2/c1-11-4-6-14(7-5-11)10-15-13(3)16(22)21(17(15)23)18-19-9-8-12(2)20-18/h4-9,13,15H,10H2,1-3H3. The minimum atomic E-state index is -0.368. The molecule has 0 N–H and O–H groups in total. The Morgan fingerprint density at radius 3 is 2.39 bits per heavy atom. The monoisotopic (exact) mass is 309 g/mol. The van der Waals surface area contributed by atoms with Crippen molar-refractivity contribution in [3.8, 4) is 0 Å². The van der Waals surface area contributed by atoms with Crippen molar-refractivity contribution in [2.45, 2.75) is 27.2 Å². The van der Waals surface area contributed by atoms with Crippen molar-refractivity contribution in [2.75, 3.05) is 4.90 Å². The number of amides is 2. The topological polar surface area (TPSA) is 63.2 Å². The summed E-state index contributed by atoms with van der Waals surface area (Å²) in [7, 11) is 0. The van der Waals surface area contributed by atoms with Crippen LogP contribution in [0.5, 0.6) is 0 Å². The molecule has 0 radical (unpaired) electrons. The van der Waals surface area contributed by atoms with Crippen LogP contribution < -0.4 is 4.90 Å². The third kappa shape index (κ3) is 2.86. The first-order chi connectivity index (χ1) is 11.0. The van der Waals surface area contributed by atoms with Gasteiger partial charge in [-0.15, -0.1) is 0 Å². The smallest absolute Gasteiger partial charge is 0.240 e. The van der Waals surface area contributed by atoms with Gasteiger partial charge in [0.1, 0.15) is 0 Å². The second-order valence-corrected chi connectivity index (χ2v) is 6.09. The molecule has 5 heteroatoms. The third-order valence-electron chi connectivity index (χ3n) is 4.31. The average Bonchev–Trinajstić information content (AvgIpc) is 2.73. The van der Waals surface area contributed by atoms with E-state index in [0.29, 0.717) is 6.42 Å². The van der Waals surface area contributed by atoms with Crippen LogP contribution in [0, 0.1) is 25.7 Å². The molecule has 1 saturated heterocycles. The summed E-state index contributed by atoms with van der Waals surface area (Å²) in [5, 5.41) is 0. The molecule has 23 heavy (non-hydrogen) atoms. The summed E-state index contributed by atoms with van der Waals surface area (Å²) in [5.74, 6) is -0.994. The molecule has 2 atom stereocenters. The lowest BCUT2D eigenvalue weighted by Crippen LogP contribution is -2.32. The van der Waals surface area contributed by atoms with Gasteiger partial charge in [0.05, 0.1) is 5.92 Å². The Morgan fingerprint density at radius 2 is 1.74 bits per heavy atom. The zero-order valence-corrected chi connectivity index (χ0v) is 13.5. The van der Waals surface area contributed by atoms with Gasteiger partial charge >= 0.3 is 0 Å². The third-order valence-corrected chi connectivity index (χ3v) is 4.31. The number of aryl methyl sites for hydroxylation is 2. The Balaban J connectivity index is 1.87. The highest BCUT2D eigenvalue weighted by atomic mass is 16.2. The van der Waals surface area contributed by atoms with Crippen molar-refractivity contribution in [1.82, 2.24) is 9.97 Å². The number of benzene rings is 1. The van der Waals surface area contributed by atoms with Crippen molar-refractivity contribution < 1.29 is 9.59 Å². The maximum Gasteiger partial charge on any atom is 0.240 e. The number of imide groups is 1. The molecule has 1 fully saturated rings. The van der Waals surface area contributed by atoms with Crippen LogP contribution in [-0.2, 0) is 16.0 Å². The molecular formula is C18H19N3O2. The van der Waals surface area contributed by atoms with Crippen molar-refractivity contribution in [1.29, 1.82) is 0 Å². The van der Waals surface area contributed by atoms with E-state index in [9.17, 15) is 9.59 Å². The van der Waals surface area contributed by atoms with Crippen molar-refractivity contribution in [3.05, 3.63) is 53.3 Å². The zero-order chi connectivity index (χ0) is 16.6. The Labute approximate surface area is 135 Å². The molecule has 2 unspecified atom stereocenters. The van der Waals surface area contributed by atoms with Crippen molar-refractivity contribution in [3.63, 3.8) is 0 Å². The highest BCUT2D eigenvalue weighted by Gasteiger charge is 2.46. The van der Waals surface area contributed by atoms with Crippen molar-refractivity contribution >= 4 is 17.8 Å². The number of carbonyl (C=O) groups is 2. The molecule has 2 aromatic rings. The second-order valence-electron chi connectivity index (χ2n) is 6.09. The van der Waals surface area contributed by atoms with E-state index < -0.39 is 0 Å². The number of nitrogens with zero attached hydrogens (tertiary/aromatic N) is 3. The molecule has 2 heterocycles. The van der Waals surface area contributed by atoms with Gasteiger partial charge in [0.25, 0.3) is 0 Å². The van der Waals surface area contributed by atoms with Gasteiger partial charge in [-0.25, -0.2) is 14.9 Å². The number of aromatic nitrogens is 2. The van der Waals surface area contributed by atoms with Crippen LogP contribution in [0.4, 0.5) is 5.95 Å². The van der Waals surface area contributed by atoms with Gasteiger partial charge in [-0.05, 0) is 31.9 Å². The van der Waals surface area contributed by atoms with Gasteiger partial charge in [-0.3, -0.25) is 9.59 Å². The fraction of sp³-hybridized carbons (Fsp3) is 0.333. The van der Waals surface area contributed by atoms with E-state index >= 15 is 0 Å². The first kappa shape index (κ1) is 15.3. The quantitative estimate of drug-likeness (QED) is 0.817. The second kappa shape index (κ2) is 5.91. The Morgan fingerprint density at radius 1 is 1.04 bits per heavy atom. The van der Waals surface area contributed by atoms with Crippen LogP contribution in [0.3, 0.4) is 0 Å². The summed E-state index contributed by atoms with van der Waals surface area (Å²) in [6.07, 6.45) is 2.12. The van der Waals surface area contributed by atoms with E-state index in [1.807, 2.05) is 38.1 Å². The molecule has 0 saturated carbocycles. The molecule has 1 aromatic carbocycles. The predicted octanol–water partition coefficient (Wildman–Crippen LogP) is 2.46. The van der Waals surface area contributed by atoms with E-state index in [1.54, 1.807) is 19.2 Å². The average molecular weight is 309 g/mol. The zero-order valence-electron chi connectivity index (χ0n) is 13.5. The van der Waals surface area contributed by atoms with Gasteiger partial charge in [0, 0.05) is 17.8 Å². The van der Waals surface area contributed by atoms with E-state index in [4.69, 9.17) is 0 Å². The largest absolute Gasteiger partial charge is 0.274 e. The molecule has 1 aliphatic rings. The number of carbonyl (C=O) groups excluding carboxylic acids is 2. The van der Waals surface area contributed by atoms with Crippen molar-refractivity contribution in [2.24, 2.45) is 11.8 Å². The van der Waals surface area contributed by atoms with Crippen LogP contribution in [0.1, 0.15) is 23.7 Å². The summed E-state index contributed by atoms with van der Waals surface area (Å²) < 4.78 is 0. The summed E-state index contributed by atoms with van der Waals surface area (Å²) in [6, 6.07) is 9.78. The molecule has 0 spiro atoms. The SMILES string of the molecule is Cc1ccc(CC2C(=O)N(c3nccc(C)n3)C(=O)C2C)cc1. The van der Waals surface area contributed by atoms with Crippen LogP contribution >= 0.6 is 0 Å². The molecule has 2 amide bonds. The van der Waals surface area contributed by atoms with E-state index in [0.717, 1.165) is 16.2 Å². The molecule has 0 aliphatic carbocycles. The number of anilines is 1. The molecule has 5 nitrogen and oxygen atoms in total. The Hall–Kier alpha value is -2.56. The number of hydrogen-bond acceptors (Lipinski definition) is 4. The van der Waals surface area contributed by atoms with Gasteiger partial charge in [-0.2, -0.15) is 0 Å². The van der Waals surface area contributed by atoms with E-state index in [2.05, 4.69) is 9.97 Å².